The second kappa shape index (κ2) is 8.64. The van der Waals surface area contributed by atoms with E-state index in [1.165, 1.54) is 23.9 Å². The number of carbonyl (C=O) groups excluding carboxylic acids is 1. The first-order valence-corrected chi connectivity index (χ1v) is 11.1. The Labute approximate surface area is 192 Å². The molecule has 1 aromatic heterocycles. The van der Waals surface area contributed by atoms with Crippen LogP contribution < -0.4 is 10.7 Å². The van der Waals surface area contributed by atoms with Gasteiger partial charge in [0, 0.05) is 10.6 Å². The minimum Gasteiger partial charge on any atom is -0.323 e. The van der Waals surface area contributed by atoms with Crippen molar-refractivity contribution < 1.29 is 9.18 Å². The lowest BCUT2D eigenvalue weighted by Crippen LogP contribution is -2.41. The summed E-state index contributed by atoms with van der Waals surface area (Å²) in [6.07, 6.45) is 0. The van der Waals surface area contributed by atoms with Gasteiger partial charge < -0.3 is 10.7 Å². The van der Waals surface area contributed by atoms with Crippen LogP contribution in [0, 0.1) is 5.82 Å². The number of nitrogens with one attached hydrogen (secondary N) is 2. The van der Waals surface area contributed by atoms with Gasteiger partial charge in [-0.1, -0.05) is 78.0 Å². The molecule has 32 heavy (non-hydrogen) atoms. The molecule has 2 N–H and O–H groups in total. The zero-order valence-corrected chi connectivity index (χ0v) is 18.1. The van der Waals surface area contributed by atoms with Crippen LogP contribution in [0.25, 0.3) is 11.4 Å². The normalized spacial score (nSPS) is 17.3. The number of aromatic nitrogens is 3. The number of halogens is 2. The fourth-order valence-corrected chi connectivity index (χ4v) is 4.72. The van der Waals surface area contributed by atoms with Gasteiger partial charge in [-0.2, -0.15) is 0 Å². The van der Waals surface area contributed by atoms with Gasteiger partial charge in [-0.05, 0) is 29.8 Å². The van der Waals surface area contributed by atoms with Crippen molar-refractivity contribution in [2.45, 2.75) is 16.4 Å². The standard InChI is InChI=1S/C23H17ClFN5OS/c24-16-12-10-14(11-13-16)19-20(22(31)26-18-9-5-4-8-17(18)25)32-23-28-27-21(30(23)29-19)15-6-2-1-3-7-15/h1-13,19-20,29H,(H,26,31)/t19-,20-/m0/s1. The third kappa shape index (κ3) is 3.94. The van der Waals surface area contributed by atoms with Crippen molar-refractivity contribution in [3.63, 3.8) is 0 Å². The van der Waals surface area contributed by atoms with Crippen LogP contribution in [0.15, 0.2) is 84.0 Å². The molecule has 0 spiro atoms. The van der Waals surface area contributed by atoms with Crippen molar-refractivity contribution in [2.24, 2.45) is 0 Å². The number of para-hydroxylation sites is 1. The Morgan fingerprint density at radius 3 is 2.47 bits per heavy atom. The molecule has 1 amide bonds. The van der Waals surface area contributed by atoms with E-state index in [1.54, 1.807) is 28.9 Å². The molecule has 3 aromatic carbocycles. The first-order valence-electron chi connectivity index (χ1n) is 9.85. The van der Waals surface area contributed by atoms with E-state index in [2.05, 4.69) is 20.9 Å². The molecule has 0 saturated carbocycles. The lowest BCUT2D eigenvalue weighted by molar-refractivity contribution is -0.116. The van der Waals surface area contributed by atoms with Crippen LogP contribution in [-0.4, -0.2) is 26.0 Å². The summed E-state index contributed by atoms with van der Waals surface area (Å²) >= 11 is 7.34. The summed E-state index contributed by atoms with van der Waals surface area (Å²) in [5, 5.41) is 11.8. The third-order valence-electron chi connectivity index (χ3n) is 5.09. The molecule has 0 fully saturated rings. The molecular weight excluding hydrogens is 449 g/mol. The summed E-state index contributed by atoms with van der Waals surface area (Å²) in [6.45, 7) is 0. The third-order valence-corrected chi connectivity index (χ3v) is 6.56. The number of thioether (sulfide) groups is 1. The summed E-state index contributed by atoms with van der Waals surface area (Å²) in [4.78, 5) is 13.2. The van der Waals surface area contributed by atoms with Gasteiger partial charge >= 0.3 is 0 Å². The van der Waals surface area contributed by atoms with Crippen molar-refractivity contribution in [1.82, 2.24) is 14.9 Å². The van der Waals surface area contributed by atoms with Gasteiger partial charge in [-0.15, -0.1) is 10.2 Å². The van der Waals surface area contributed by atoms with Gasteiger partial charge in [0.25, 0.3) is 0 Å². The Morgan fingerprint density at radius 1 is 1.00 bits per heavy atom. The Balaban J connectivity index is 1.52. The Hall–Kier alpha value is -3.36. The number of benzene rings is 3. The molecule has 1 aliphatic rings. The van der Waals surface area contributed by atoms with E-state index in [9.17, 15) is 9.18 Å². The van der Waals surface area contributed by atoms with Crippen LogP contribution >= 0.6 is 23.4 Å². The second-order valence-corrected chi connectivity index (χ2v) is 8.72. The molecule has 4 aromatic rings. The smallest absolute Gasteiger partial charge is 0.240 e. The highest BCUT2D eigenvalue weighted by Gasteiger charge is 2.38. The number of rotatable bonds is 4. The minimum atomic E-state index is -0.629. The Bertz CT molecular complexity index is 1270. The van der Waals surface area contributed by atoms with Gasteiger partial charge in [0.2, 0.25) is 11.1 Å². The summed E-state index contributed by atoms with van der Waals surface area (Å²) in [5.74, 6) is -0.199. The van der Waals surface area contributed by atoms with E-state index in [0.717, 1.165) is 11.1 Å². The van der Waals surface area contributed by atoms with Crippen molar-refractivity contribution in [1.29, 1.82) is 0 Å². The molecule has 0 bridgehead atoms. The zero-order valence-electron chi connectivity index (χ0n) is 16.6. The van der Waals surface area contributed by atoms with Crippen LogP contribution in [0.5, 0.6) is 0 Å². The maximum Gasteiger partial charge on any atom is 0.240 e. The van der Waals surface area contributed by atoms with Gasteiger partial charge in [0.05, 0.1) is 11.7 Å². The molecule has 0 radical (unpaired) electrons. The van der Waals surface area contributed by atoms with Crippen LogP contribution in [-0.2, 0) is 4.79 Å². The summed E-state index contributed by atoms with van der Waals surface area (Å²) in [7, 11) is 0. The van der Waals surface area contributed by atoms with Gasteiger partial charge in [0.15, 0.2) is 5.82 Å². The highest BCUT2D eigenvalue weighted by Crippen LogP contribution is 2.39. The van der Waals surface area contributed by atoms with Gasteiger partial charge in [0.1, 0.15) is 11.1 Å². The Kier molecular flexibility index (Phi) is 5.55. The molecule has 160 valence electrons. The molecule has 5 rings (SSSR count). The van der Waals surface area contributed by atoms with E-state index in [0.29, 0.717) is 16.0 Å². The number of amides is 1. The minimum absolute atomic E-state index is 0.130. The van der Waals surface area contributed by atoms with E-state index in [-0.39, 0.29) is 11.6 Å². The predicted octanol–water partition coefficient (Wildman–Crippen LogP) is 5.14. The van der Waals surface area contributed by atoms with Gasteiger partial charge in [-0.3, -0.25) is 4.79 Å². The molecule has 2 heterocycles. The van der Waals surface area contributed by atoms with Crippen LogP contribution in [0.1, 0.15) is 11.6 Å². The summed E-state index contributed by atoms with van der Waals surface area (Å²) < 4.78 is 15.9. The van der Waals surface area contributed by atoms with E-state index in [4.69, 9.17) is 11.6 Å². The highest BCUT2D eigenvalue weighted by molar-refractivity contribution is 8.00. The van der Waals surface area contributed by atoms with Crippen LogP contribution in [0.4, 0.5) is 10.1 Å². The van der Waals surface area contributed by atoms with Crippen molar-refractivity contribution in [3.05, 3.63) is 95.3 Å². The lowest BCUT2D eigenvalue weighted by atomic mass is 10.0. The van der Waals surface area contributed by atoms with Crippen molar-refractivity contribution in [3.8, 4) is 11.4 Å². The van der Waals surface area contributed by atoms with Crippen molar-refractivity contribution in [2.75, 3.05) is 10.7 Å². The van der Waals surface area contributed by atoms with E-state index >= 15 is 0 Å². The summed E-state index contributed by atoms with van der Waals surface area (Å²) in [6, 6.07) is 22.6. The monoisotopic (exact) mass is 465 g/mol. The number of hydrogen-bond acceptors (Lipinski definition) is 5. The van der Waals surface area contributed by atoms with Gasteiger partial charge in [-0.25, -0.2) is 9.07 Å². The lowest BCUT2D eigenvalue weighted by Gasteiger charge is -2.33. The summed E-state index contributed by atoms with van der Waals surface area (Å²) in [5.41, 5.74) is 5.26. The first-order chi connectivity index (χ1) is 15.6. The Morgan fingerprint density at radius 2 is 1.72 bits per heavy atom. The number of carbonyl (C=O) groups is 1. The fraction of sp³-hybridized carbons (Fsp3) is 0.0870. The highest BCUT2D eigenvalue weighted by atomic mass is 35.5. The van der Waals surface area contributed by atoms with Crippen LogP contribution in [0.3, 0.4) is 0 Å². The predicted molar refractivity (Wildman–Crippen MR) is 124 cm³/mol. The van der Waals surface area contributed by atoms with E-state index in [1.807, 2.05) is 42.5 Å². The van der Waals surface area contributed by atoms with Crippen molar-refractivity contribution >= 4 is 35.0 Å². The number of fused-ring (bicyclic) bond motifs is 1. The zero-order chi connectivity index (χ0) is 22.1. The average Bonchev–Trinajstić information content (AvgIpc) is 3.24. The maximum atomic E-state index is 14.1. The van der Waals surface area contributed by atoms with Crippen LogP contribution in [0.2, 0.25) is 5.02 Å². The molecule has 2 atom stereocenters. The molecule has 1 aliphatic heterocycles. The SMILES string of the molecule is O=C(Nc1ccccc1F)[C@H]1Sc2nnc(-c3ccccc3)n2N[C@H]1c1ccc(Cl)cc1. The molecule has 0 saturated heterocycles. The number of hydrogen-bond donors (Lipinski definition) is 2. The molecule has 6 nitrogen and oxygen atoms in total. The molecule has 9 heteroatoms. The molecular formula is C23H17ClFN5OS. The molecule has 0 aliphatic carbocycles. The number of anilines is 1. The topological polar surface area (TPSA) is 71.8 Å². The largest absolute Gasteiger partial charge is 0.323 e. The second-order valence-electron chi connectivity index (χ2n) is 7.17. The first kappa shape index (κ1) is 20.5. The fourth-order valence-electron chi connectivity index (χ4n) is 3.52. The maximum absolute atomic E-state index is 14.1. The number of nitrogens with zero attached hydrogens (tertiary/aromatic N) is 3. The van der Waals surface area contributed by atoms with E-state index < -0.39 is 17.1 Å². The molecule has 0 unspecified atom stereocenters. The average molecular weight is 466 g/mol. The quantitative estimate of drug-likeness (QED) is 0.437.